The van der Waals surface area contributed by atoms with Crippen molar-refractivity contribution >= 4 is 0 Å². The van der Waals surface area contributed by atoms with Gasteiger partial charge in [-0.3, -0.25) is 0 Å². The normalized spacial score (nSPS) is 14.3. The van der Waals surface area contributed by atoms with E-state index in [2.05, 4.69) is 0 Å². The van der Waals surface area contributed by atoms with Crippen LogP contribution < -0.4 is 15.2 Å². The van der Waals surface area contributed by atoms with Crippen LogP contribution in [0.2, 0.25) is 0 Å². The Bertz CT molecular complexity index is 352. The first-order valence-corrected chi connectivity index (χ1v) is 4.96. The van der Waals surface area contributed by atoms with Crippen molar-refractivity contribution in [2.45, 2.75) is 13.0 Å². The molecule has 0 saturated carbocycles. The highest BCUT2D eigenvalue weighted by Crippen LogP contribution is 2.35. The maximum absolute atomic E-state index is 5.54. The molecule has 0 saturated heterocycles. The van der Waals surface area contributed by atoms with Gasteiger partial charge in [0.2, 0.25) is 0 Å². The molecule has 0 radical (unpaired) electrons. The van der Waals surface area contributed by atoms with E-state index in [1.807, 2.05) is 12.1 Å². The number of hydrogen-bond acceptors (Lipinski definition) is 4. The number of nitrogens with two attached hydrogens (primary N) is 1. The molecule has 1 heterocycles. The lowest BCUT2D eigenvalue weighted by molar-refractivity contribution is -0.0175. The van der Waals surface area contributed by atoms with Crippen LogP contribution in [0.25, 0.3) is 0 Å². The Morgan fingerprint density at radius 1 is 1.47 bits per heavy atom. The SMILES string of the molecule is COc1c(CCN)ccc2c1COCO2. The standard InChI is InChI=1S/C11H15NO3/c1-13-11-8(4-5-12)2-3-10-9(11)6-14-7-15-10/h2-3H,4-7,12H2,1H3. The number of ether oxygens (including phenoxy) is 3. The number of benzene rings is 1. The van der Waals surface area contributed by atoms with Gasteiger partial charge in [0.25, 0.3) is 0 Å². The topological polar surface area (TPSA) is 53.7 Å². The van der Waals surface area contributed by atoms with Crippen molar-refractivity contribution in [3.05, 3.63) is 23.3 Å². The molecule has 1 aliphatic heterocycles. The number of fused-ring (bicyclic) bond motifs is 1. The number of hydrogen-bond donors (Lipinski definition) is 1. The molecule has 0 aromatic heterocycles. The monoisotopic (exact) mass is 209 g/mol. The Morgan fingerprint density at radius 2 is 2.33 bits per heavy atom. The van der Waals surface area contributed by atoms with E-state index in [-0.39, 0.29) is 0 Å². The van der Waals surface area contributed by atoms with Gasteiger partial charge in [-0.25, -0.2) is 0 Å². The van der Waals surface area contributed by atoms with Gasteiger partial charge in [-0.1, -0.05) is 6.07 Å². The van der Waals surface area contributed by atoms with Gasteiger partial charge >= 0.3 is 0 Å². The average molecular weight is 209 g/mol. The Balaban J connectivity index is 2.42. The Kier molecular flexibility index (Phi) is 3.08. The predicted octanol–water partition coefficient (Wildman–Crippen LogP) is 1.06. The van der Waals surface area contributed by atoms with E-state index in [1.54, 1.807) is 7.11 Å². The summed E-state index contributed by atoms with van der Waals surface area (Å²) in [5.41, 5.74) is 7.63. The van der Waals surface area contributed by atoms with Crippen LogP contribution in [0, 0.1) is 0 Å². The molecule has 4 nitrogen and oxygen atoms in total. The van der Waals surface area contributed by atoms with Crippen molar-refractivity contribution in [1.82, 2.24) is 0 Å². The Hall–Kier alpha value is -1.26. The molecule has 15 heavy (non-hydrogen) atoms. The summed E-state index contributed by atoms with van der Waals surface area (Å²) in [5.74, 6) is 1.69. The third-order valence-electron chi connectivity index (χ3n) is 2.46. The van der Waals surface area contributed by atoms with E-state index in [4.69, 9.17) is 19.9 Å². The molecule has 82 valence electrons. The van der Waals surface area contributed by atoms with Gasteiger partial charge in [0.15, 0.2) is 6.79 Å². The zero-order valence-electron chi connectivity index (χ0n) is 8.79. The van der Waals surface area contributed by atoms with Gasteiger partial charge in [0.1, 0.15) is 11.5 Å². The molecule has 1 aliphatic rings. The van der Waals surface area contributed by atoms with Crippen LogP contribution >= 0.6 is 0 Å². The minimum Gasteiger partial charge on any atom is -0.496 e. The van der Waals surface area contributed by atoms with Crippen LogP contribution in [0.15, 0.2) is 12.1 Å². The molecule has 0 spiro atoms. The highest BCUT2D eigenvalue weighted by atomic mass is 16.7. The molecule has 2 N–H and O–H groups in total. The molecule has 4 heteroatoms. The van der Waals surface area contributed by atoms with Crippen LogP contribution in [-0.4, -0.2) is 20.4 Å². The highest BCUT2D eigenvalue weighted by molar-refractivity contribution is 5.50. The lowest BCUT2D eigenvalue weighted by Gasteiger charge is -2.21. The van der Waals surface area contributed by atoms with Crippen LogP contribution in [0.4, 0.5) is 0 Å². The molecular weight excluding hydrogens is 194 g/mol. The van der Waals surface area contributed by atoms with Gasteiger partial charge in [0, 0.05) is 0 Å². The minimum absolute atomic E-state index is 0.312. The van der Waals surface area contributed by atoms with Gasteiger partial charge in [0.05, 0.1) is 19.3 Å². The van der Waals surface area contributed by atoms with E-state index >= 15 is 0 Å². The van der Waals surface area contributed by atoms with Gasteiger partial charge in [-0.15, -0.1) is 0 Å². The molecule has 1 aromatic carbocycles. The van der Waals surface area contributed by atoms with Crippen LogP contribution in [0.5, 0.6) is 11.5 Å². The van der Waals surface area contributed by atoms with Crippen molar-refractivity contribution in [3.63, 3.8) is 0 Å². The van der Waals surface area contributed by atoms with E-state index in [9.17, 15) is 0 Å². The van der Waals surface area contributed by atoms with E-state index < -0.39 is 0 Å². The van der Waals surface area contributed by atoms with Gasteiger partial charge < -0.3 is 19.9 Å². The van der Waals surface area contributed by atoms with E-state index in [1.165, 1.54) is 0 Å². The van der Waals surface area contributed by atoms with Crippen molar-refractivity contribution in [2.75, 3.05) is 20.4 Å². The smallest absolute Gasteiger partial charge is 0.189 e. The molecule has 2 rings (SSSR count). The fourth-order valence-electron chi connectivity index (χ4n) is 1.79. The van der Waals surface area contributed by atoms with Crippen LogP contribution in [0.3, 0.4) is 0 Å². The summed E-state index contributed by atoms with van der Waals surface area (Å²) in [5, 5.41) is 0. The first kappa shape index (κ1) is 10.3. The zero-order chi connectivity index (χ0) is 10.7. The third kappa shape index (κ3) is 1.91. The highest BCUT2D eigenvalue weighted by Gasteiger charge is 2.18. The molecule has 0 unspecified atom stereocenters. The van der Waals surface area contributed by atoms with Crippen molar-refractivity contribution in [2.24, 2.45) is 5.73 Å². The largest absolute Gasteiger partial charge is 0.496 e. The first-order chi connectivity index (χ1) is 7.36. The third-order valence-corrected chi connectivity index (χ3v) is 2.46. The van der Waals surface area contributed by atoms with Crippen LogP contribution in [-0.2, 0) is 17.8 Å². The Labute approximate surface area is 88.9 Å². The first-order valence-electron chi connectivity index (χ1n) is 4.96. The fraction of sp³-hybridized carbons (Fsp3) is 0.455. The summed E-state index contributed by atoms with van der Waals surface area (Å²) in [6.07, 6.45) is 0.802. The summed E-state index contributed by atoms with van der Waals surface area (Å²) < 4.78 is 16.0. The summed E-state index contributed by atoms with van der Waals surface area (Å²) in [4.78, 5) is 0. The predicted molar refractivity (Wildman–Crippen MR) is 56.0 cm³/mol. The lowest BCUT2D eigenvalue weighted by Crippen LogP contribution is -2.14. The summed E-state index contributed by atoms with van der Waals surface area (Å²) in [6, 6.07) is 3.95. The molecular formula is C11H15NO3. The molecule has 0 bridgehead atoms. The van der Waals surface area contributed by atoms with E-state index in [0.29, 0.717) is 19.9 Å². The molecule has 0 atom stereocenters. The summed E-state index contributed by atoms with van der Waals surface area (Å²) in [6.45, 7) is 1.46. The second-order valence-corrected chi connectivity index (χ2v) is 3.38. The number of methoxy groups -OCH3 is 1. The van der Waals surface area contributed by atoms with E-state index in [0.717, 1.165) is 29.0 Å². The van der Waals surface area contributed by atoms with Gasteiger partial charge in [-0.05, 0) is 24.6 Å². The van der Waals surface area contributed by atoms with Crippen molar-refractivity contribution < 1.29 is 14.2 Å². The fourth-order valence-corrected chi connectivity index (χ4v) is 1.79. The maximum Gasteiger partial charge on any atom is 0.189 e. The minimum atomic E-state index is 0.312. The zero-order valence-corrected chi connectivity index (χ0v) is 8.79. The Morgan fingerprint density at radius 3 is 3.07 bits per heavy atom. The second-order valence-electron chi connectivity index (χ2n) is 3.38. The maximum atomic E-state index is 5.54. The molecule has 0 fully saturated rings. The lowest BCUT2D eigenvalue weighted by atomic mass is 10.0. The summed E-state index contributed by atoms with van der Waals surface area (Å²) >= 11 is 0. The molecule has 1 aromatic rings. The summed E-state index contributed by atoms with van der Waals surface area (Å²) in [7, 11) is 1.66. The average Bonchev–Trinajstić information content (AvgIpc) is 2.29. The van der Waals surface area contributed by atoms with Gasteiger partial charge in [-0.2, -0.15) is 0 Å². The molecule has 0 aliphatic carbocycles. The van der Waals surface area contributed by atoms with Crippen LogP contribution in [0.1, 0.15) is 11.1 Å². The number of rotatable bonds is 3. The van der Waals surface area contributed by atoms with Crippen molar-refractivity contribution in [3.8, 4) is 11.5 Å². The molecule has 0 amide bonds. The quantitative estimate of drug-likeness (QED) is 0.808. The van der Waals surface area contributed by atoms with Crippen molar-refractivity contribution in [1.29, 1.82) is 0 Å². The second kappa shape index (κ2) is 4.51.